The largest absolute Gasteiger partial charge is 0.399 e. The van der Waals surface area contributed by atoms with Gasteiger partial charge in [0.15, 0.2) is 0 Å². The molecule has 3 nitrogen and oxygen atoms in total. The maximum Gasteiger partial charge on any atom is 0.254 e. The summed E-state index contributed by atoms with van der Waals surface area (Å²) < 4.78 is 13.2. The van der Waals surface area contributed by atoms with Crippen molar-refractivity contribution in [2.24, 2.45) is 0 Å². The molecular formula is C13H15FN2O. The molecule has 0 unspecified atom stereocenters. The minimum absolute atomic E-state index is 0.167. The lowest BCUT2D eigenvalue weighted by Crippen LogP contribution is -2.34. The molecule has 1 aliphatic rings. The number of anilines is 1. The summed E-state index contributed by atoms with van der Waals surface area (Å²) in [6.07, 6.45) is 2.89. The highest BCUT2D eigenvalue weighted by atomic mass is 19.1. The Balaban J connectivity index is 2.20. The van der Waals surface area contributed by atoms with E-state index in [9.17, 15) is 9.18 Å². The third-order valence-corrected chi connectivity index (χ3v) is 2.89. The molecular weight excluding hydrogens is 219 g/mol. The van der Waals surface area contributed by atoms with Crippen LogP contribution in [0, 0.1) is 5.82 Å². The van der Waals surface area contributed by atoms with Crippen LogP contribution in [-0.4, -0.2) is 23.9 Å². The number of amides is 1. The molecule has 17 heavy (non-hydrogen) atoms. The van der Waals surface area contributed by atoms with Gasteiger partial charge >= 0.3 is 0 Å². The number of benzene rings is 1. The highest BCUT2D eigenvalue weighted by molar-refractivity contribution is 5.95. The number of hydrogen-bond acceptors (Lipinski definition) is 2. The van der Waals surface area contributed by atoms with Crippen molar-refractivity contribution in [3.8, 4) is 0 Å². The number of carbonyl (C=O) groups excluding carboxylic acids is 1. The molecule has 1 aromatic rings. The molecule has 0 fully saturated rings. The molecule has 1 aliphatic heterocycles. The lowest BCUT2D eigenvalue weighted by Gasteiger charge is -2.25. The van der Waals surface area contributed by atoms with Crippen molar-refractivity contribution in [3.05, 3.63) is 41.2 Å². The Morgan fingerprint density at radius 3 is 2.76 bits per heavy atom. The quantitative estimate of drug-likeness (QED) is 0.598. The Morgan fingerprint density at radius 2 is 2.18 bits per heavy atom. The van der Waals surface area contributed by atoms with Crippen molar-refractivity contribution in [1.29, 1.82) is 0 Å². The molecule has 0 bridgehead atoms. The summed E-state index contributed by atoms with van der Waals surface area (Å²) in [5.74, 6) is -0.642. The monoisotopic (exact) mass is 234 g/mol. The van der Waals surface area contributed by atoms with E-state index in [2.05, 4.69) is 0 Å². The van der Waals surface area contributed by atoms with Gasteiger partial charge in [-0.25, -0.2) is 4.39 Å². The average molecular weight is 234 g/mol. The topological polar surface area (TPSA) is 46.3 Å². The summed E-state index contributed by atoms with van der Waals surface area (Å²) in [5, 5.41) is 0. The second-order valence-corrected chi connectivity index (χ2v) is 4.32. The fourth-order valence-corrected chi connectivity index (χ4v) is 1.87. The first-order chi connectivity index (χ1) is 8.06. The molecule has 0 radical (unpaired) electrons. The molecule has 4 heteroatoms. The third kappa shape index (κ3) is 2.64. The third-order valence-electron chi connectivity index (χ3n) is 2.89. The number of rotatable bonds is 1. The Hall–Kier alpha value is -1.84. The van der Waals surface area contributed by atoms with Crippen molar-refractivity contribution in [2.45, 2.75) is 13.3 Å². The zero-order chi connectivity index (χ0) is 12.4. The molecule has 0 saturated carbocycles. The zero-order valence-corrected chi connectivity index (χ0v) is 9.74. The smallest absolute Gasteiger partial charge is 0.254 e. The summed E-state index contributed by atoms with van der Waals surface area (Å²) in [6.45, 7) is 3.31. The van der Waals surface area contributed by atoms with Gasteiger partial charge in [-0.3, -0.25) is 4.79 Å². The molecule has 1 aromatic carbocycles. The van der Waals surface area contributed by atoms with Gasteiger partial charge in [0.05, 0.1) is 0 Å². The number of nitrogen functional groups attached to an aromatic ring is 1. The first-order valence-corrected chi connectivity index (χ1v) is 5.57. The van der Waals surface area contributed by atoms with Crippen LogP contribution >= 0.6 is 0 Å². The van der Waals surface area contributed by atoms with E-state index in [1.165, 1.54) is 23.8 Å². The lowest BCUT2D eigenvalue weighted by molar-refractivity contribution is 0.0768. The van der Waals surface area contributed by atoms with Crippen LogP contribution in [0.2, 0.25) is 0 Å². The SMILES string of the molecule is CC1=CCN(C(=O)c2cc(N)cc(F)c2)CC1. The van der Waals surface area contributed by atoms with Crippen molar-refractivity contribution in [1.82, 2.24) is 4.90 Å². The standard InChI is InChI=1S/C13H15FN2O/c1-9-2-4-16(5-3-9)13(17)10-6-11(14)8-12(15)7-10/h2,6-8H,3-5,15H2,1H3. The summed E-state index contributed by atoms with van der Waals surface area (Å²) in [6, 6.07) is 3.94. The second kappa shape index (κ2) is 4.57. The minimum atomic E-state index is -0.475. The predicted molar refractivity (Wildman–Crippen MR) is 65.1 cm³/mol. The van der Waals surface area contributed by atoms with Crippen LogP contribution in [0.1, 0.15) is 23.7 Å². The molecule has 90 valence electrons. The molecule has 1 heterocycles. The van der Waals surface area contributed by atoms with Crippen LogP contribution < -0.4 is 5.73 Å². The van der Waals surface area contributed by atoms with Crippen LogP contribution in [0.3, 0.4) is 0 Å². The van der Waals surface area contributed by atoms with E-state index in [1.54, 1.807) is 4.90 Å². The van der Waals surface area contributed by atoms with E-state index >= 15 is 0 Å². The molecule has 0 saturated heterocycles. The van der Waals surface area contributed by atoms with Crippen molar-refractivity contribution in [3.63, 3.8) is 0 Å². The first kappa shape index (κ1) is 11.6. The molecule has 0 spiro atoms. The van der Waals surface area contributed by atoms with Crippen molar-refractivity contribution < 1.29 is 9.18 Å². The highest BCUT2D eigenvalue weighted by Crippen LogP contribution is 2.16. The highest BCUT2D eigenvalue weighted by Gasteiger charge is 2.18. The van der Waals surface area contributed by atoms with E-state index in [4.69, 9.17) is 5.73 Å². The molecule has 0 aromatic heterocycles. The number of halogens is 1. The summed E-state index contributed by atoms with van der Waals surface area (Å²) >= 11 is 0. The summed E-state index contributed by atoms with van der Waals surface area (Å²) in [4.78, 5) is 13.8. The van der Waals surface area contributed by atoms with E-state index in [0.29, 0.717) is 18.7 Å². The Labute approximate surface area is 99.7 Å². The number of nitrogens with two attached hydrogens (primary N) is 1. The molecule has 0 aliphatic carbocycles. The van der Waals surface area contributed by atoms with Gasteiger partial charge in [0.2, 0.25) is 0 Å². The van der Waals surface area contributed by atoms with E-state index in [0.717, 1.165) is 6.42 Å². The maximum absolute atomic E-state index is 13.2. The molecule has 0 atom stereocenters. The van der Waals surface area contributed by atoms with Gasteiger partial charge in [0.1, 0.15) is 5.82 Å². The van der Waals surface area contributed by atoms with Gasteiger partial charge < -0.3 is 10.6 Å². The van der Waals surface area contributed by atoms with Gasteiger partial charge in [0, 0.05) is 24.3 Å². The number of carbonyl (C=O) groups is 1. The van der Waals surface area contributed by atoms with Gasteiger partial charge in [-0.15, -0.1) is 0 Å². The van der Waals surface area contributed by atoms with Gasteiger partial charge in [-0.05, 0) is 31.5 Å². The van der Waals surface area contributed by atoms with E-state index in [-0.39, 0.29) is 11.6 Å². The van der Waals surface area contributed by atoms with Crippen LogP contribution in [0.15, 0.2) is 29.8 Å². The summed E-state index contributed by atoms with van der Waals surface area (Å²) in [7, 11) is 0. The van der Waals surface area contributed by atoms with Gasteiger partial charge in [0.25, 0.3) is 5.91 Å². The van der Waals surface area contributed by atoms with E-state index in [1.807, 2.05) is 13.0 Å². The predicted octanol–water partition coefficient (Wildman–Crippen LogP) is 2.20. The Bertz CT molecular complexity index is 462. The maximum atomic E-state index is 13.2. The van der Waals surface area contributed by atoms with Crippen LogP contribution in [0.5, 0.6) is 0 Å². The zero-order valence-electron chi connectivity index (χ0n) is 9.74. The fourth-order valence-electron chi connectivity index (χ4n) is 1.87. The first-order valence-electron chi connectivity index (χ1n) is 5.57. The minimum Gasteiger partial charge on any atom is -0.399 e. The van der Waals surface area contributed by atoms with E-state index < -0.39 is 5.82 Å². The molecule has 1 amide bonds. The normalized spacial score (nSPS) is 15.6. The molecule has 2 N–H and O–H groups in total. The van der Waals surface area contributed by atoms with Crippen LogP contribution in [-0.2, 0) is 0 Å². The van der Waals surface area contributed by atoms with Crippen LogP contribution in [0.25, 0.3) is 0 Å². The summed E-state index contributed by atoms with van der Waals surface area (Å²) in [5.41, 5.74) is 7.40. The number of nitrogens with zero attached hydrogens (tertiary/aromatic N) is 1. The second-order valence-electron chi connectivity index (χ2n) is 4.32. The Morgan fingerprint density at radius 1 is 1.41 bits per heavy atom. The average Bonchev–Trinajstić information content (AvgIpc) is 2.28. The molecule has 2 rings (SSSR count). The van der Waals surface area contributed by atoms with Crippen LogP contribution in [0.4, 0.5) is 10.1 Å². The van der Waals surface area contributed by atoms with Crippen molar-refractivity contribution in [2.75, 3.05) is 18.8 Å². The van der Waals surface area contributed by atoms with Crippen molar-refractivity contribution >= 4 is 11.6 Å². The lowest BCUT2D eigenvalue weighted by atomic mass is 10.1. The fraction of sp³-hybridized carbons (Fsp3) is 0.308. The Kier molecular flexibility index (Phi) is 3.13. The number of hydrogen-bond donors (Lipinski definition) is 1. The van der Waals surface area contributed by atoms with Gasteiger partial charge in [-0.1, -0.05) is 11.6 Å². The van der Waals surface area contributed by atoms with Gasteiger partial charge in [-0.2, -0.15) is 0 Å².